The topological polar surface area (TPSA) is 99.9 Å². The quantitative estimate of drug-likeness (QED) is 0.694. The van der Waals surface area contributed by atoms with Crippen LogP contribution < -0.4 is 15.4 Å². The lowest BCUT2D eigenvalue weighted by atomic mass is 10.2. The number of halogens is 1. The van der Waals surface area contributed by atoms with Crippen LogP contribution in [0, 0.1) is 11.3 Å². The number of carbonyl (C=O) groups excluding carboxylic acids is 1. The predicted molar refractivity (Wildman–Crippen MR) is 102 cm³/mol. The number of nitriles is 1. The van der Waals surface area contributed by atoms with Gasteiger partial charge in [0, 0.05) is 11.4 Å². The van der Waals surface area contributed by atoms with E-state index in [1.165, 1.54) is 12.4 Å². The van der Waals surface area contributed by atoms with Gasteiger partial charge in [0.05, 0.1) is 36.2 Å². The van der Waals surface area contributed by atoms with E-state index in [4.69, 9.17) is 21.6 Å². The van der Waals surface area contributed by atoms with Crippen LogP contribution in [0.5, 0.6) is 5.75 Å². The molecule has 1 aromatic heterocycles. The molecule has 7 nitrogen and oxygen atoms in total. The summed E-state index contributed by atoms with van der Waals surface area (Å²) in [7, 11) is 1.54. The molecule has 0 fully saturated rings. The highest BCUT2D eigenvalue weighted by Crippen LogP contribution is 2.28. The molecule has 0 atom stereocenters. The first kappa shape index (κ1) is 18.2. The van der Waals surface area contributed by atoms with E-state index in [1.807, 2.05) is 6.07 Å². The molecule has 2 aromatic carbocycles. The molecule has 1 heterocycles. The molecule has 2 N–H and O–H groups in total. The van der Waals surface area contributed by atoms with Gasteiger partial charge in [0.25, 0.3) is 5.91 Å². The van der Waals surface area contributed by atoms with Crippen LogP contribution in [0.2, 0.25) is 5.02 Å². The number of aromatic nitrogens is 2. The van der Waals surface area contributed by atoms with Gasteiger partial charge in [-0.2, -0.15) is 5.26 Å². The van der Waals surface area contributed by atoms with Crippen molar-refractivity contribution in [3.8, 4) is 11.8 Å². The summed E-state index contributed by atoms with van der Waals surface area (Å²) in [5, 5.41) is 15.0. The average Bonchev–Trinajstić information content (AvgIpc) is 2.69. The summed E-state index contributed by atoms with van der Waals surface area (Å²) >= 11 is 6.09. The highest BCUT2D eigenvalue weighted by Gasteiger charge is 2.09. The standard InChI is InChI=1S/C19H14ClN5O2/c1-27-17-7-6-14(8-15(17)20)24-18-11-22-16(10-23-18)19(26)25-13-4-2-12(9-21)3-5-13/h2-8,10-11H,1H3,(H,23,24)(H,25,26). The van der Waals surface area contributed by atoms with Crippen LogP contribution in [0.25, 0.3) is 0 Å². The van der Waals surface area contributed by atoms with Gasteiger partial charge in [-0.25, -0.2) is 9.97 Å². The summed E-state index contributed by atoms with van der Waals surface area (Å²) in [4.78, 5) is 20.5. The Balaban J connectivity index is 1.66. The van der Waals surface area contributed by atoms with Crippen molar-refractivity contribution in [2.45, 2.75) is 0 Å². The number of amides is 1. The van der Waals surface area contributed by atoms with E-state index in [0.29, 0.717) is 33.5 Å². The van der Waals surface area contributed by atoms with Gasteiger partial charge in [-0.05, 0) is 42.5 Å². The molecule has 27 heavy (non-hydrogen) atoms. The minimum absolute atomic E-state index is 0.165. The van der Waals surface area contributed by atoms with Crippen molar-refractivity contribution in [2.75, 3.05) is 17.7 Å². The minimum atomic E-state index is -0.397. The van der Waals surface area contributed by atoms with E-state index in [0.717, 1.165) is 0 Å². The SMILES string of the molecule is COc1ccc(Nc2cnc(C(=O)Nc3ccc(C#N)cc3)cn2)cc1Cl. The number of nitrogens with one attached hydrogen (secondary N) is 2. The summed E-state index contributed by atoms with van der Waals surface area (Å²) in [5.74, 6) is 0.639. The molecule has 3 aromatic rings. The van der Waals surface area contributed by atoms with Crippen LogP contribution in [0.4, 0.5) is 17.2 Å². The average molecular weight is 380 g/mol. The van der Waals surface area contributed by atoms with Crippen molar-refractivity contribution in [2.24, 2.45) is 0 Å². The molecule has 0 saturated heterocycles. The molecule has 0 bridgehead atoms. The predicted octanol–water partition coefficient (Wildman–Crippen LogP) is 4.01. The first-order chi connectivity index (χ1) is 13.1. The molecule has 1 amide bonds. The summed E-state index contributed by atoms with van der Waals surface area (Å²) in [5.41, 5.74) is 1.96. The Kier molecular flexibility index (Phi) is 5.50. The molecular weight excluding hydrogens is 366 g/mol. The van der Waals surface area contributed by atoms with Crippen molar-refractivity contribution < 1.29 is 9.53 Å². The molecule has 0 unspecified atom stereocenters. The Hall–Kier alpha value is -3.63. The lowest BCUT2D eigenvalue weighted by molar-refractivity contribution is 0.102. The minimum Gasteiger partial charge on any atom is -0.495 e. The molecule has 0 saturated carbocycles. The second kappa shape index (κ2) is 8.17. The van der Waals surface area contributed by atoms with E-state index in [1.54, 1.807) is 49.6 Å². The maximum atomic E-state index is 12.2. The van der Waals surface area contributed by atoms with Crippen LogP contribution in [-0.4, -0.2) is 23.0 Å². The number of rotatable bonds is 5. The number of methoxy groups -OCH3 is 1. The van der Waals surface area contributed by atoms with Crippen LogP contribution in [-0.2, 0) is 0 Å². The van der Waals surface area contributed by atoms with Crippen molar-refractivity contribution in [3.05, 3.63) is 71.1 Å². The van der Waals surface area contributed by atoms with E-state index in [-0.39, 0.29) is 5.69 Å². The van der Waals surface area contributed by atoms with Gasteiger partial charge in [-0.1, -0.05) is 11.6 Å². The Morgan fingerprint density at radius 3 is 2.44 bits per heavy atom. The Morgan fingerprint density at radius 2 is 1.85 bits per heavy atom. The van der Waals surface area contributed by atoms with Gasteiger partial charge in [0.2, 0.25) is 0 Å². The summed E-state index contributed by atoms with van der Waals surface area (Å²) in [6.45, 7) is 0. The lowest BCUT2D eigenvalue weighted by Crippen LogP contribution is -2.14. The van der Waals surface area contributed by atoms with Gasteiger partial charge in [-0.3, -0.25) is 4.79 Å². The van der Waals surface area contributed by atoms with Gasteiger partial charge in [0.15, 0.2) is 0 Å². The fourth-order valence-electron chi connectivity index (χ4n) is 2.23. The van der Waals surface area contributed by atoms with E-state index < -0.39 is 5.91 Å². The van der Waals surface area contributed by atoms with Gasteiger partial charge < -0.3 is 15.4 Å². The fraction of sp³-hybridized carbons (Fsp3) is 0.0526. The summed E-state index contributed by atoms with van der Waals surface area (Å²) in [6.07, 6.45) is 2.82. The molecule has 0 aliphatic carbocycles. The number of hydrogen-bond donors (Lipinski definition) is 2. The van der Waals surface area contributed by atoms with Crippen molar-refractivity contribution >= 4 is 34.7 Å². The van der Waals surface area contributed by atoms with E-state index in [2.05, 4.69) is 20.6 Å². The second-order valence-corrected chi connectivity index (χ2v) is 5.81. The first-order valence-corrected chi connectivity index (χ1v) is 8.21. The summed E-state index contributed by atoms with van der Waals surface area (Å²) in [6, 6.07) is 13.8. The van der Waals surface area contributed by atoms with Crippen LogP contribution in [0.1, 0.15) is 16.1 Å². The van der Waals surface area contributed by atoms with Crippen molar-refractivity contribution in [1.29, 1.82) is 5.26 Å². The number of nitrogens with zero attached hydrogens (tertiary/aromatic N) is 3. The Labute approximate surface area is 160 Å². The van der Waals surface area contributed by atoms with Crippen LogP contribution in [0.3, 0.4) is 0 Å². The largest absolute Gasteiger partial charge is 0.495 e. The number of benzene rings is 2. The highest BCUT2D eigenvalue weighted by molar-refractivity contribution is 6.32. The number of hydrogen-bond acceptors (Lipinski definition) is 6. The zero-order valence-electron chi connectivity index (χ0n) is 14.2. The van der Waals surface area contributed by atoms with Crippen molar-refractivity contribution in [3.63, 3.8) is 0 Å². The third-order valence-corrected chi connectivity index (χ3v) is 3.88. The van der Waals surface area contributed by atoms with Crippen LogP contribution in [0.15, 0.2) is 54.9 Å². The molecule has 3 rings (SSSR count). The molecule has 0 aliphatic heterocycles. The highest BCUT2D eigenvalue weighted by atomic mass is 35.5. The zero-order valence-corrected chi connectivity index (χ0v) is 15.0. The van der Waals surface area contributed by atoms with Gasteiger partial charge in [-0.15, -0.1) is 0 Å². The lowest BCUT2D eigenvalue weighted by Gasteiger charge is -2.09. The third-order valence-electron chi connectivity index (χ3n) is 3.58. The third kappa shape index (κ3) is 4.51. The fourth-order valence-corrected chi connectivity index (χ4v) is 2.48. The molecule has 0 spiro atoms. The van der Waals surface area contributed by atoms with E-state index in [9.17, 15) is 4.79 Å². The Bertz CT molecular complexity index is 998. The number of carbonyl (C=O) groups is 1. The first-order valence-electron chi connectivity index (χ1n) is 7.83. The number of anilines is 3. The second-order valence-electron chi connectivity index (χ2n) is 5.40. The molecular formula is C19H14ClN5O2. The number of ether oxygens (including phenoxy) is 1. The summed E-state index contributed by atoms with van der Waals surface area (Å²) < 4.78 is 5.11. The van der Waals surface area contributed by atoms with E-state index >= 15 is 0 Å². The molecule has 0 radical (unpaired) electrons. The van der Waals surface area contributed by atoms with Gasteiger partial charge >= 0.3 is 0 Å². The monoisotopic (exact) mass is 379 g/mol. The zero-order chi connectivity index (χ0) is 19.2. The maximum Gasteiger partial charge on any atom is 0.275 e. The van der Waals surface area contributed by atoms with Gasteiger partial charge in [0.1, 0.15) is 17.3 Å². The van der Waals surface area contributed by atoms with Crippen LogP contribution >= 0.6 is 11.6 Å². The Morgan fingerprint density at radius 1 is 1.11 bits per heavy atom. The normalized spacial score (nSPS) is 9.96. The molecule has 8 heteroatoms. The maximum absolute atomic E-state index is 12.2. The smallest absolute Gasteiger partial charge is 0.275 e. The molecule has 134 valence electrons. The molecule has 0 aliphatic rings. The van der Waals surface area contributed by atoms with Crippen molar-refractivity contribution in [1.82, 2.24) is 9.97 Å².